The molecule has 0 radical (unpaired) electrons. The van der Waals surface area contributed by atoms with Crippen LogP contribution in [0.5, 0.6) is 0 Å². The van der Waals surface area contributed by atoms with Gasteiger partial charge in [-0.25, -0.2) is 0 Å². The average molecular weight is 471 g/mol. The molecule has 2 heteroatoms. The molecule has 0 fully saturated rings. The molecule has 0 atom stereocenters. The molecule has 0 saturated carbocycles. The summed E-state index contributed by atoms with van der Waals surface area (Å²) in [6.45, 7) is 0. The Morgan fingerprint density at radius 3 is 1.54 bits per heavy atom. The highest BCUT2D eigenvalue weighted by molar-refractivity contribution is 6.09. The first kappa shape index (κ1) is 21.2. The standard InChI is InChI=1S/C35H22N2/c36-23-24-15-17-25(18-16-24)29-11-5-7-27-8-6-12-30(35(27)29)26-19-21-28(22-20-26)37-33-13-3-1-9-31(33)32-10-2-4-14-34(32)37/h1-22H. The first-order valence-electron chi connectivity index (χ1n) is 12.4. The van der Waals surface area contributed by atoms with Crippen LogP contribution in [0.4, 0.5) is 0 Å². The highest BCUT2D eigenvalue weighted by Crippen LogP contribution is 2.38. The SMILES string of the molecule is N#Cc1ccc(-c2cccc3cccc(-c4ccc(-n5c6ccccc6c6ccccc65)cc4)c23)cc1. The lowest BCUT2D eigenvalue weighted by molar-refractivity contribution is 1.18. The van der Waals surface area contributed by atoms with Gasteiger partial charge in [0.2, 0.25) is 0 Å². The zero-order chi connectivity index (χ0) is 24.8. The molecule has 37 heavy (non-hydrogen) atoms. The molecule has 0 aliphatic rings. The number of hydrogen-bond donors (Lipinski definition) is 0. The molecule has 6 aromatic carbocycles. The predicted octanol–water partition coefficient (Wildman–Crippen LogP) is 9.14. The van der Waals surface area contributed by atoms with Crippen LogP contribution < -0.4 is 0 Å². The van der Waals surface area contributed by atoms with Crippen molar-refractivity contribution < 1.29 is 0 Å². The number of aromatic nitrogens is 1. The average Bonchev–Trinajstić information content (AvgIpc) is 3.31. The minimum atomic E-state index is 0.671. The summed E-state index contributed by atoms with van der Waals surface area (Å²) in [7, 11) is 0. The van der Waals surface area contributed by atoms with Crippen molar-refractivity contribution in [3.8, 4) is 34.0 Å². The predicted molar refractivity (Wildman–Crippen MR) is 154 cm³/mol. The smallest absolute Gasteiger partial charge is 0.0991 e. The fourth-order valence-corrected chi connectivity index (χ4v) is 5.54. The van der Waals surface area contributed by atoms with Crippen LogP contribution in [0, 0.1) is 11.3 Å². The minimum Gasteiger partial charge on any atom is -0.309 e. The second-order valence-electron chi connectivity index (χ2n) is 9.31. The van der Waals surface area contributed by atoms with Crippen molar-refractivity contribution in [3.05, 3.63) is 139 Å². The maximum absolute atomic E-state index is 9.22. The lowest BCUT2D eigenvalue weighted by Crippen LogP contribution is -1.94. The number of nitriles is 1. The summed E-state index contributed by atoms with van der Waals surface area (Å²) in [5.74, 6) is 0. The van der Waals surface area contributed by atoms with Crippen molar-refractivity contribution in [2.24, 2.45) is 0 Å². The quantitative estimate of drug-likeness (QED) is 0.253. The lowest BCUT2D eigenvalue weighted by atomic mass is 9.91. The Bertz CT molecular complexity index is 1910. The number of para-hydroxylation sites is 2. The Kier molecular flexibility index (Phi) is 4.87. The van der Waals surface area contributed by atoms with Crippen LogP contribution >= 0.6 is 0 Å². The van der Waals surface area contributed by atoms with E-state index in [1.54, 1.807) is 0 Å². The van der Waals surface area contributed by atoms with Gasteiger partial charge in [0.25, 0.3) is 0 Å². The van der Waals surface area contributed by atoms with Gasteiger partial charge in [-0.3, -0.25) is 0 Å². The summed E-state index contributed by atoms with van der Waals surface area (Å²) >= 11 is 0. The Labute approximate surface area is 215 Å². The van der Waals surface area contributed by atoms with Crippen molar-refractivity contribution in [3.63, 3.8) is 0 Å². The molecule has 0 spiro atoms. The maximum atomic E-state index is 9.22. The van der Waals surface area contributed by atoms with E-state index in [9.17, 15) is 5.26 Å². The van der Waals surface area contributed by atoms with Crippen LogP contribution in [0.15, 0.2) is 133 Å². The molecule has 0 aliphatic heterocycles. The van der Waals surface area contributed by atoms with Gasteiger partial charge in [-0.05, 0) is 69.4 Å². The van der Waals surface area contributed by atoms with Crippen LogP contribution in [-0.2, 0) is 0 Å². The van der Waals surface area contributed by atoms with E-state index in [1.807, 2.05) is 24.3 Å². The van der Waals surface area contributed by atoms with Gasteiger partial charge >= 0.3 is 0 Å². The van der Waals surface area contributed by atoms with E-state index < -0.39 is 0 Å². The van der Waals surface area contributed by atoms with Gasteiger partial charge in [-0.2, -0.15) is 5.26 Å². The normalized spacial score (nSPS) is 11.2. The van der Waals surface area contributed by atoms with Crippen LogP contribution in [0.25, 0.3) is 60.5 Å². The molecule has 172 valence electrons. The van der Waals surface area contributed by atoms with Crippen LogP contribution in [0.2, 0.25) is 0 Å². The van der Waals surface area contributed by atoms with E-state index >= 15 is 0 Å². The monoisotopic (exact) mass is 470 g/mol. The van der Waals surface area contributed by atoms with Crippen molar-refractivity contribution in [1.82, 2.24) is 4.57 Å². The molecule has 7 rings (SSSR count). The largest absolute Gasteiger partial charge is 0.309 e. The van der Waals surface area contributed by atoms with Crippen molar-refractivity contribution >= 4 is 32.6 Å². The molecular weight excluding hydrogens is 448 g/mol. The number of rotatable bonds is 3. The number of benzene rings is 6. The fourth-order valence-electron chi connectivity index (χ4n) is 5.54. The van der Waals surface area contributed by atoms with Crippen LogP contribution in [-0.4, -0.2) is 4.57 Å². The van der Waals surface area contributed by atoms with Crippen LogP contribution in [0.3, 0.4) is 0 Å². The molecule has 0 saturated heterocycles. The van der Waals surface area contributed by atoms with E-state index in [0.29, 0.717) is 5.56 Å². The summed E-state index contributed by atoms with van der Waals surface area (Å²) in [5, 5.41) is 14.2. The van der Waals surface area contributed by atoms with Crippen molar-refractivity contribution in [2.75, 3.05) is 0 Å². The number of fused-ring (bicyclic) bond motifs is 4. The summed E-state index contributed by atoms with van der Waals surface area (Å²) < 4.78 is 2.35. The summed E-state index contributed by atoms with van der Waals surface area (Å²) in [4.78, 5) is 0. The first-order chi connectivity index (χ1) is 18.3. The second-order valence-corrected chi connectivity index (χ2v) is 9.31. The van der Waals surface area contributed by atoms with E-state index in [2.05, 4.69) is 120 Å². The third-order valence-corrected chi connectivity index (χ3v) is 7.25. The Hall–Kier alpha value is -5.13. The molecule has 0 aliphatic carbocycles. The molecule has 0 unspecified atom stereocenters. The van der Waals surface area contributed by atoms with Crippen molar-refractivity contribution in [2.45, 2.75) is 0 Å². The van der Waals surface area contributed by atoms with Gasteiger partial charge in [0.15, 0.2) is 0 Å². The van der Waals surface area contributed by atoms with Gasteiger partial charge in [-0.15, -0.1) is 0 Å². The van der Waals surface area contributed by atoms with E-state index in [-0.39, 0.29) is 0 Å². The minimum absolute atomic E-state index is 0.671. The fraction of sp³-hybridized carbons (Fsp3) is 0. The first-order valence-corrected chi connectivity index (χ1v) is 12.4. The molecule has 1 heterocycles. The van der Waals surface area contributed by atoms with Gasteiger partial charge in [0, 0.05) is 16.5 Å². The van der Waals surface area contributed by atoms with Gasteiger partial charge in [0.1, 0.15) is 0 Å². The third-order valence-electron chi connectivity index (χ3n) is 7.25. The highest BCUT2D eigenvalue weighted by atomic mass is 15.0. The highest BCUT2D eigenvalue weighted by Gasteiger charge is 2.13. The maximum Gasteiger partial charge on any atom is 0.0991 e. The zero-order valence-electron chi connectivity index (χ0n) is 20.1. The molecule has 0 bridgehead atoms. The molecule has 0 amide bonds. The molecule has 7 aromatic rings. The molecule has 2 nitrogen and oxygen atoms in total. The van der Waals surface area contributed by atoms with E-state index in [0.717, 1.165) is 11.3 Å². The molecule has 0 N–H and O–H groups in total. The molecular formula is C35H22N2. The number of hydrogen-bond acceptors (Lipinski definition) is 1. The zero-order valence-corrected chi connectivity index (χ0v) is 20.1. The van der Waals surface area contributed by atoms with Crippen molar-refractivity contribution in [1.29, 1.82) is 5.26 Å². The third kappa shape index (κ3) is 3.41. The summed E-state index contributed by atoms with van der Waals surface area (Å²) in [6, 6.07) is 49.1. The Morgan fingerprint density at radius 1 is 0.486 bits per heavy atom. The Morgan fingerprint density at radius 2 is 1.00 bits per heavy atom. The summed E-state index contributed by atoms with van der Waals surface area (Å²) in [6.07, 6.45) is 0. The molecule has 1 aromatic heterocycles. The van der Waals surface area contributed by atoms with Gasteiger partial charge in [0.05, 0.1) is 22.7 Å². The number of nitrogens with zero attached hydrogens (tertiary/aromatic N) is 2. The van der Waals surface area contributed by atoms with E-state index in [4.69, 9.17) is 0 Å². The lowest BCUT2D eigenvalue weighted by Gasteiger charge is -2.14. The van der Waals surface area contributed by atoms with Gasteiger partial charge in [-0.1, -0.05) is 97.1 Å². The summed E-state index contributed by atoms with van der Waals surface area (Å²) in [5.41, 5.74) is 8.90. The second kappa shape index (κ2) is 8.52. The van der Waals surface area contributed by atoms with Gasteiger partial charge < -0.3 is 4.57 Å². The topological polar surface area (TPSA) is 28.7 Å². The Balaban J connectivity index is 1.39. The van der Waals surface area contributed by atoms with E-state index in [1.165, 1.54) is 49.3 Å². The van der Waals surface area contributed by atoms with Crippen LogP contribution in [0.1, 0.15) is 5.56 Å².